The molecule has 8 nitrogen and oxygen atoms in total. The van der Waals surface area contributed by atoms with E-state index < -0.39 is 18.1 Å². The Bertz CT molecular complexity index is 1080. The summed E-state index contributed by atoms with van der Waals surface area (Å²) in [5.74, 6) is -1.82. The number of carbonyl (C=O) groups is 3. The van der Waals surface area contributed by atoms with Crippen LogP contribution in [0.2, 0.25) is 0 Å². The number of quaternary nitrogens is 1. The molecule has 0 N–H and O–H groups in total. The van der Waals surface area contributed by atoms with Gasteiger partial charge in [-0.1, -0.05) is 132 Å². The van der Waals surface area contributed by atoms with Gasteiger partial charge < -0.3 is 28.6 Å². The molecular weight excluding hydrogens is 654 g/mol. The SMILES string of the molecule is CC/C=C/C=C/C=C/C=C/C=C/CCCCCC(=O)OC(COCCC(C(=O)[O-])[N+](C)(C)C)COC(=O)CCCCC/C=C/CCCCCCCC. The Labute approximate surface area is 317 Å². The van der Waals surface area contributed by atoms with Gasteiger partial charge in [0, 0.05) is 19.3 Å². The van der Waals surface area contributed by atoms with Crippen LogP contribution in [0.15, 0.2) is 72.9 Å². The molecule has 0 heterocycles. The van der Waals surface area contributed by atoms with Crippen LogP contribution in [0.25, 0.3) is 0 Å². The Balaban J connectivity index is 4.54. The lowest BCUT2D eigenvalue weighted by Gasteiger charge is -2.34. The number of carboxylic acids is 1. The summed E-state index contributed by atoms with van der Waals surface area (Å²) in [6, 6.07) is -0.738. The summed E-state index contributed by atoms with van der Waals surface area (Å²) < 4.78 is 17.0. The molecule has 52 heavy (non-hydrogen) atoms. The zero-order valence-corrected chi connectivity index (χ0v) is 33.4. The van der Waals surface area contributed by atoms with Gasteiger partial charge in [-0.05, 0) is 57.8 Å². The fraction of sp³-hybridized carbons (Fsp3) is 0.659. The van der Waals surface area contributed by atoms with Crippen molar-refractivity contribution in [3.63, 3.8) is 0 Å². The summed E-state index contributed by atoms with van der Waals surface area (Å²) in [4.78, 5) is 36.7. The fourth-order valence-corrected chi connectivity index (χ4v) is 5.32. The summed E-state index contributed by atoms with van der Waals surface area (Å²) >= 11 is 0. The number of hydrogen-bond acceptors (Lipinski definition) is 7. The van der Waals surface area contributed by atoms with E-state index in [-0.39, 0.29) is 49.1 Å². The molecule has 0 aliphatic heterocycles. The molecule has 296 valence electrons. The summed E-state index contributed by atoms with van der Waals surface area (Å²) in [6.07, 6.45) is 42.1. The van der Waals surface area contributed by atoms with E-state index in [4.69, 9.17) is 14.2 Å². The Kier molecular flexibility index (Phi) is 32.7. The lowest BCUT2D eigenvalue weighted by atomic mass is 10.1. The molecule has 0 saturated carbocycles. The quantitative estimate of drug-likeness (QED) is 0.0214. The topological polar surface area (TPSA) is 102 Å². The fourth-order valence-electron chi connectivity index (χ4n) is 5.32. The van der Waals surface area contributed by atoms with E-state index in [0.29, 0.717) is 12.8 Å². The van der Waals surface area contributed by atoms with Crippen LogP contribution in [0, 0.1) is 0 Å². The number of carbonyl (C=O) groups excluding carboxylic acids is 3. The van der Waals surface area contributed by atoms with Crippen LogP contribution in [-0.4, -0.2) is 75.5 Å². The summed E-state index contributed by atoms with van der Waals surface area (Å²) in [5, 5.41) is 11.6. The monoisotopic (exact) mass is 728 g/mol. The Morgan fingerprint density at radius 2 is 1.10 bits per heavy atom. The van der Waals surface area contributed by atoms with Gasteiger partial charge in [0.25, 0.3) is 0 Å². The molecule has 0 radical (unpaired) electrons. The zero-order valence-electron chi connectivity index (χ0n) is 33.4. The second-order valence-corrected chi connectivity index (χ2v) is 14.3. The number of allylic oxidation sites excluding steroid dienone is 12. The van der Waals surface area contributed by atoms with E-state index in [1.54, 1.807) is 21.1 Å². The van der Waals surface area contributed by atoms with Gasteiger partial charge in [-0.2, -0.15) is 0 Å². The maximum absolute atomic E-state index is 12.7. The first kappa shape index (κ1) is 48.8. The van der Waals surface area contributed by atoms with E-state index in [0.717, 1.165) is 57.8 Å². The van der Waals surface area contributed by atoms with Crippen LogP contribution in [0.3, 0.4) is 0 Å². The van der Waals surface area contributed by atoms with Gasteiger partial charge in [-0.3, -0.25) is 9.59 Å². The normalized spacial score (nSPS) is 13.8. The number of ether oxygens (including phenoxy) is 3. The molecule has 0 aromatic carbocycles. The molecule has 0 amide bonds. The molecule has 0 spiro atoms. The number of esters is 2. The smallest absolute Gasteiger partial charge is 0.306 e. The van der Waals surface area contributed by atoms with Gasteiger partial charge in [-0.25, -0.2) is 0 Å². The van der Waals surface area contributed by atoms with Crippen molar-refractivity contribution in [1.82, 2.24) is 0 Å². The van der Waals surface area contributed by atoms with Crippen LogP contribution >= 0.6 is 0 Å². The van der Waals surface area contributed by atoms with Crippen LogP contribution in [0.4, 0.5) is 0 Å². The van der Waals surface area contributed by atoms with Crippen LogP contribution in [0.1, 0.15) is 136 Å². The first-order valence-corrected chi connectivity index (χ1v) is 20.0. The Hall–Kier alpha value is -3.23. The van der Waals surface area contributed by atoms with Crippen LogP contribution in [0.5, 0.6) is 0 Å². The second-order valence-electron chi connectivity index (χ2n) is 14.3. The highest BCUT2D eigenvalue weighted by atomic mass is 16.6. The third-order valence-corrected chi connectivity index (χ3v) is 8.45. The third kappa shape index (κ3) is 32.7. The average molecular weight is 728 g/mol. The molecule has 0 fully saturated rings. The summed E-state index contributed by atoms with van der Waals surface area (Å²) in [6.45, 7) is 4.42. The van der Waals surface area contributed by atoms with E-state index in [1.807, 2.05) is 48.6 Å². The van der Waals surface area contributed by atoms with E-state index in [2.05, 4.69) is 38.2 Å². The first-order chi connectivity index (χ1) is 25.1. The summed E-state index contributed by atoms with van der Waals surface area (Å²) in [5.41, 5.74) is 0. The van der Waals surface area contributed by atoms with Crippen molar-refractivity contribution in [2.75, 3.05) is 41.0 Å². The molecule has 2 atom stereocenters. The minimum Gasteiger partial charge on any atom is -0.544 e. The third-order valence-electron chi connectivity index (χ3n) is 8.45. The number of nitrogens with zero attached hydrogens (tertiary/aromatic N) is 1. The molecule has 0 aliphatic rings. The predicted octanol–water partition coefficient (Wildman–Crippen LogP) is 9.07. The molecule has 0 rings (SSSR count). The molecular formula is C44H73NO7. The second kappa shape index (κ2) is 34.8. The van der Waals surface area contributed by atoms with E-state index >= 15 is 0 Å². The van der Waals surface area contributed by atoms with Crippen molar-refractivity contribution in [2.24, 2.45) is 0 Å². The van der Waals surface area contributed by atoms with Crippen molar-refractivity contribution in [1.29, 1.82) is 0 Å². The Morgan fingerprint density at radius 1 is 0.596 bits per heavy atom. The lowest BCUT2D eigenvalue weighted by molar-refractivity contribution is -0.889. The Morgan fingerprint density at radius 3 is 1.65 bits per heavy atom. The van der Waals surface area contributed by atoms with Crippen molar-refractivity contribution < 1.29 is 38.2 Å². The van der Waals surface area contributed by atoms with Gasteiger partial charge in [0.1, 0.15) is 12.6 Å². The number of aliphatic carboxylic acids is 1. The van der Waals surface area contributed by atoms with Crippen molar-refractivity contribution in [2.45, 2.75) is 148 Å². The highest BCUT2D eigenvalue weighted by molar-refractivity contribution is 5.70. The molecule has 0 aliphatic carbocycles. The molecule has 0 saturated heterocycles. The lowest BCUT2D eigenvalue weighted by Crippen LogP contribution is -2.55. The van der Waals surface area contributed by atoms with Gasteiger partial charge in [-0.15, -0.1) is 0 Å². The molecule has 0 aromatic rings. The van der Waals surface area contributed by atoms with E-state index in [1.165, 1.54) is 38.5 Å². The molecule has 0 bridgehead atoms. The number of carboxylic acid groups (broad SMARTS) is 1. The van der Waals surface area contributed by atoms with Gasteiger partial charge in [0.15, 0.2) is 6.10 Å². The average Bonchev–Trinajstić information content (AvgIpc) is 3.09. The number of rotatable bonds is 34. The van der Waals surface area contributed by atoms with Gasteiger partial charge >= 0.3 is 11.9 Å². The minimum absolute atomic E-state index is 0.0146. The standard InChI is InChI=1S/C44H73NO7/c1-6-8-10-12-14-16-18-20-21-23-25-27-29-31-33-35-43(47)52-40(38-50-37-36-41(44(48)49)45(3,4)5)39-51-42(46)34-32-30-28-26-24-22-19-17-15-13-11-9-7-2/h8,10,12,14,16,18,20-25,40-41H,6-7,9,11,13,15,17,19,26-39H2,1-5H3/b10-8+,14-12+,18-16+,21-20+,24-22+,25-23+. The highest BCUT2D eigenvalue weighted by Crippen LogP contribution is 2.12. The van der Waals surface area contributed by atoms with Crippen molar-refractivity contribution in [3.05, 3.63) is 72.9 Å². The highest BCUT2D eigenvalue weighted by Gasteiger charge is 2.25. The van der Waals surface area contributed by atoms with Gasteiger partial charge in [0.05, 0.1) is 40.3 Å². The van der Waals surface area contributed by atoms with E-state index in [9.17, 15) is 19.5 Å². The number of likely N-dealkylation sites (N-methyl/N-ethyl adjacent to an activating group) is 1. The maximum atomic E-state index is 12.7. The minimum atomic E-state index is -1.14. The molecule has 2 unspecified atom stereocenters. The largest absolute Gasteiger partial charge is 0.544 e. The van der Waals surface area contributed by atoms with Crippen LogP contribution in [-0.2, 0) is 28.6 Å². The number of hydrogen-bond donors (Lipinski definition) is 0. The van der Waals surface area contributed by atoms with Gasteiger partial charge in [0.2, 0.25) is 0 Å². The van der Waals surface area contributed by atoms with Crippen molar-refractivity contribution in [3.8, 4) is 0 Å². The van der Waals surface area contributed by atoms with Crippen LogP contribution < -0.4 is 5.11 Å². The summed E-state index contributed by atoms with van der Waals surface area (Å²) in [7, 11) is 5.37. The predicted molar refractivity (Wildman–Crippen MR) is 212 cm³/mol. The molecule has 0 aromatic heterocycles. The first-order valence-electron chi connectivity index (χ1n) is 20.0. The molecule has 8 heteroatoms. The number of unbranched alkanes of at least 4 members (excludes halogenated alkanes) is 12. The maximum Gasteiger partial charge on any atom is 0.306 e. The van der Waals surface area contributed by atoms with Crippen molar-refractivity contribution >= 4 is 17.9 Å². The zero-order chi connectivity index (χ0) is 38.5.